The van der Waals surface area contributed by atoms with Gasteiger partial charge in [0, 0.05) is 5.56 Å². The minimum atomic E-state index is -1.20. The van der Waals surface area contributed by atoms with Gasteiger partial charge in [-0.25, -0.2) is 9.18 Å². The summed E-state index contributed by atoms with van der Waals surface area (Å²) in [6, 6.07) is 9.06. The topological polar surface area (TPSA) is 66.2 Å². The molecule has 1 heterocycles. The van der Waals surface area contributed by atoms with Gasteiger partial charge in [-0.2, -0.15) is 0 Å². The Morgan fingerprint density at radius 1 is 1.30 bits per heavy atom. The summed E-state index contributed by atoms with van der Waals surface area (Å²) < 4.78 is 18.8. The number of rotatable bonds is 2. The zero-order valence-electron chi connectivity index (χ0n) is 10.1. The maximum Gasteiger partial charge on any atom is 0.417 e. The van der Waals surface area contributed by atoms with Gasteiger partial charge in [0.1, 0.15) is 11.9 Å². The van der Waals surface area contributed by atoms with Crippen molar-refractivity contribution in [1.29, 1.82) is 0 Å². The number of aromatic nitrogens is 1. The summed E-state index contributed by atoms with van der Waals surface area (Å²) >= 11 is 5.69. The molecule has 2 N–H and O–H groups in total. The Hall–Kier alpha value is -2.11. The van der Waals surface area contributed by atoms with Crippen molar-refractivity contribution in [2.75, 3.05) is 0 Å². The van der Waals surface area contributed by atoms with E-state index in [2.05, 4.69) is 4.98 Å². The van der Waals surface area contributed by atoms with Crippen LogP contribution in [0.4, 0.5) is 4.39 Å². The standard InChI is InChI=1S/C14H9ClFNO3/c15-9-3-1-2-8(12(9)16)13(18)7-4-5-10-11(6-7)20-14(19)17-10/h1-6,13,18H,(H,17,19). The minimum absolute atomic E-state index is 0.0594. The molecule has 4 nitrogen and oxygen atoms in total. The Labute approximate surface area is 117 Å². The lowest BCUT2D eigenvalue weighted by Gasteiger charge is -2.12. The average molecular weight is 294 g/mol. The molecule has 1 aromatic heterocycles. The summed E-state index contributed by atoms with van der Waals surface area (Å²) in [5, 5.41) is 10.2. The molecule has 0 aliphatic rings. The monoisotopic (exact) mass is 293 g/mol. The Balaban J connectivity index is 2.09. The van der Waals surface area contributed by atoms with E-state index in [1.54, 1.807) is 18.2 Å². The van der Waals surface area contributed by atoms with E-state index in [4.69, 9.17) is 16.0 Å². The first-order valence-corrected chi connectivity index (χ1v) is 6.19. The molecule has 20 heavy (non-hydrogen) atoms. The molecule has 0 aliphatic heterocycles. The molecule has 0 aliphatic carbocycles. The highest BCUT2D eigenvalue weighted by Crippen LogP contribution is 2.29. The van der Waals surface area contributed by atoms with Crippen molar-refractivity contribution in [3.8, 4) is 0 Å². The van der Waals surface area contributed by atoms with E-state index in [-0.39, 0.29) is 10.6 Å². The molecule has 0 radical (unpaired) electrons. The van der Waals surface area contributed by atoms with Crippen LogP contribution in [0.2, 0.25) is 5.02 Å². The lowest BCUT2D eigenvalue weighted by molar-refractivity contribution is 0.215. The Morgan fingerprint density at radius 2 is 2.10 bits per heavy atom. The number of oxazole rings is 1. The average Bonchev–Trinajstić information content (AvgIpc) is 2.80. The van der Waals surface area contributed by atoms with Crippen LogP contribution in [0.15, 0.2) is 45.6 Å². The number of halogens is 2. The van der Waals surface area contributed by atoms with Gasteiger partial charge in [0.05, 0.1) is 10.5 Å². The highest BCUT2D eigenvalue weighted by atomic mass is 35.5. The van der Waals surface area contributed by atoms with E-state index in [1.165, 1.54) is 18.2 Å². The van der Waals surface area contributed by atoms with E-state index in [9.17, 15) is 14.3 Å². The fourth-order valence-corrected chi connectivity index (χ4v) is 2.23. The molecular weight excluding hydrogens is 285 g/mol. The molecule has 102 valence electrons. The molecule has 2 aromatic carbocycles. The molecule has 0 saturated carbocycles. The van der Waals surface area contributed by atoms with Crippen molar-refractivity contribution in [3.05, 3.63) is 68.9 Å². The normalized spacial score (nSPS) is 12.8. The van der Waals surface area contributed by atoms with Gasteiger partial charge in [0.2, 0.25) is 0 Å². The number of aliphatic hydroxyl groups excluding tert-OH is 1. The fraction of sp³-hybridized carbons (Fsp3) is 0.0714. The van der Waals surface area contributed by atoms with Gasteiger partial charge in [-0.15, -0.1) is 0 Å². The van der Waals surface area contributed by atoms with Crippen molar-refractivity contribution in [2.24, 2.45) is 0 Å². The Kier molecular flexibility index (Phi) is 3.08. The zero-order valence-corrected chi connectivity index (χ0v) is 10.8. The van der Waals surface area contributed by atoms with Crippen molar-refractivity contribution in [2.45, 2.75) is 6.10 Å². The smallest absolute Gasteiger partial charge is 0.408 e. The minimum Gasteiger partial charge on any atom is -0.408 e. The van der Waals surface area contributed by atoms with Crippen LogP contribution in [-0.2, 0) is 0 Å². The molecule has 0 amide bonds. The molecule has 0 fully saturated rings. The summed E-state index contributed by atoms with van der Waals surface area (Å²) in [4.78, 5) is 13.6. The highest BCUT2D eigenvalue weighted by Gasteiger charge is 2.17. The summed E-state index contributed by atoms with van der Waals surface area (Å²) in [6.45, 7) is 0. The predicted octanol–water partition coefficient (Wildman–Crippen LogP) is 3.00. The Morgan fingerprint density at radius 3 is 2.90 bits per heavy atom. The van der Waals surface area contributed by atoms with Crippen LogP contribution in [0.5, 0.6) is 0 Å². The second-order valence-corrected chi connectivity index (χ2v) is 4.72. The van der Waals surface area contributed by atoms with Gasteiger partial charge < -0.3 is 9.52 Å². The molecule has 0 bridgehead atoms. The highest BCUT2D eigenvalue weighted by molar-refractivity contribution is 6.30. The van der Waals surface area contributed by atoms with Crippen LogP contribution in [0.1, 0.15) is 17.2 Å². The van der Waals surface area contributed by atoms with Crippen LogP contribution in [0.3, 0.4) is 0 Å². The number of fused-ring (bicyclic) bond motifs is 1. The van der Waals surface area contributed by atoms with Gasteiger partial charge >= 0.3 is 5.76 Å². The number of aromatic amines is 1. The maximum absolute atomic E-state index is 13.9. The van der Waals surface area contributed by atoms with E-state index in [1.807, 2.05) is 0 Å². The number of hydrogen-bond donors (Lipinski definition) is 2. The van der Waals surface area contributed by atoms with E-state index < -0.39 is 17.7 Å². The zero-order chi connectivity index (χ0) is 14.3. The summed E-state index contributed by atoms with van der Waals surface area (Å²) in [7, 11) is 0. The van der Waals surface area contributed by atoms with Crippen LogP contribution < -0.4 is 5.76 Å². The van der Waals surface area contributed by atoms with Crippen LogP contribution >= 0.6 is 11.6 Å². The number of benzene rings is 2. The van der Waals surface area contributed by atoms with E-state index in [0.717, 1.165) is 0 Å². The van der Waals surface area contributed by atoms with Crippen LogP contribution in [-0.4, -0.2) is 10.1 Å². The maximum atomic E-state index is 13.9. The molecule has 1 atom stereocenters. The Bertz CT molecular complexity index is 840. The van der Waals surface area contributed by atoms with E-state index in [0.29, 0.717) is 16.7 Å². The number of nitrogens with one attached hydrogen (secondary N) is 1. The summed E-state index contributed by atoms with van der Waals surface area (Å²) in [5.41, 5.74) is 1.28. The van der Waals surface area contributed by atoms with Crippen molar-refractivity contribution in [3.63, 3.8) is 0 Å². The molecular formula is C14H9ClFNO3. The lowest BCUT2D eigenvalue weighted by Crippen LogP contribution is -2.02. The lowest BCUT2D eigenvalue weighted by atomic mass is 10.0. The molecule has 3 aromatic rings. The fourth-order valence-electron chi connectivity index (χ4n) is 2.04. The van der Waals surface area contributed by atoms with Gasteiger partial charge in [0.25, 0.3) is 0 Å². The van der Waals surface area contributed by atoms with Crippen molar-refractivity contribution in [1.82, 2.24) is 4.98 Å². The van der Waals surface area contributed by atoms with E-state index >= 15 is 0 Å². The molecule has 0 saturated heterocycles. The largest absolute Gasteiger partial charge is 0.417 e. The van der Waals surface area contributed by atoms with Crippen LogP contribution in [0, 0.1) is 5.82 Å². The predicted molar refractivity (Wildman–Crippen MR) is 72.3 cm³/mol. The molecule has 6 heteroatoms. The first-order chi connectivity index (χ1) is 9.56. The SMILES string of the molecule is O=c1[nH]c2ccc(C(O)c3cccc(Cl)c3F)cc2o1. The third kappa shape index (κ3) is 2.11. The summed E-state index contributed by atoms with van der Waals surface area (Å²) in [6.07, 6.45) is -1.20. The van der Waals surface area contributed by atoms with Gasteiger partial charge in [0.15, 0.2) is 5.58 Å². The molecule has 0 spiro atoms. The second-order valence-electron chi connectivity index (χ2n) is 4.32. The van der Waals surface area contributed by atoms with Gasteiger partial charge in [-0.3, -0.25) is 4.98 Å². The number of hydrogen-bond acceptors (Lipinski definition) is 3. The second kappa shape index (κ2) is 4.77. The first kappa shape index (κ1) is 12.9. The first-order valence-electron chi connectivity index (χ1n) is 5.81. The third-order valence-corrected chi connectivity index (χ3v) is 3.33. The third-order valence-electron chi connectivity index (χ3n) is 3.04. The van der Waals surface area contributed by atoms with Gasteiger partial charge in [-0.05, 0) is 23.8 Å². The van der Waals surface area contributed by atoms with Crippen molar-refractivity contribution < 1.29 is 13.9 Å². The van der Waals surface area contributed by atoms with Gasteiger partial charge in [-0.1, -0.05) is 29.8 Å². The summed E-state index contributed by atoms with van der Waals surface area (Å²) in [5.74, 6) is -1.25. The molecule has 1 unspecified atom stereocenters. The number of aliphatic hydroxyl groups is 1. The quantitative estimate of drug-likeness (QED) is 0.763. The molecule has 3 rings (SSSR count). The van der Waals surface area contributed by atoms with Crippen molar-refractivity contribution >= 4 is 22.7 Å². The number of H-pyrrole nitrogens is 1. The van der Waals surface area contributed by atoms with Crippen LogP contribution in [0.25, 0.3) is 11.1 Å².